The summed E-state index contributed by atoms with van der Waals surface area (Å²) in [4.78, 5) is 4.18. The minimum absolute atomic E-state index is 0.306. The smallest absolute Gasteiger partial charge is 0.0408 e. The van der Waals surface area contributed by atoms with Crippen molar-refractivity contribution < 1.29 is 0 Å². The second-order valence-electron chi connectivity index (χ2n) is 5.11. The van der Waals surface area contributed by atoms with Gasteiger partial charge >= 0.3 is 0 Å². The van der Waals surface area contributed by atoms with Crippen LogP contribution in [0.25, 0.3) is 0 Å². The molecule has 0 saturated heterocycles. The number of aryl methyl sites for hydroxylation is 1. The summed E-state index contributed by atoms with van der Waals surface area (Å²) in [5, 5.41) is 4.52. The summed E-state index contributed by atoms with van der Waals surface area (Å²) in [7, 11) is 0. The van der Waals surface area contributed by atoms with E-state index in [1.807, 2.05) is 24.5 Å². The Bertz CT molecular complexity index is 568. The van der Waals surface area contributed by atoms with Gasteiger partial charge in [0.1, 0.15) is 0 Å². The van der Waals surface area contributed by atoms with Crippen molar-refractivity contribution in [3.63, 3.8) is 0 Å². The number of nitrogens with zero attached hydrogens (tertiary/aromatic N) is 1. The van der Waals surface area contributed by atoms with E-state index in [1.54, 1.807) is 0 Å². The maximum atomic E-state index is 6.04. The standard InChI is InChI=1S/C16H17ClN2/c1-11(13-3-2-8-18-10-13)19-16-7-4-12-9-14(17)5-6-15(12)16/h2-3,5-6,8-11,16,19H,4,7H2,1H3. The Hall–Kier alpha value is -1.38. The van der Waals surface area contributed by atoms with Gasteiger partial charge in [-0.25, -0.2) is 0 Å². The van der Waals surface area contributed by atoms with Crippen molar-refractivity contribution in [1.82, 2.24) is 10.3 Å². The van der Waals surface area contributed by atoms with E-state index in [0.29, 0.717) is 12.1 Å². The molecule has 2 nitrogen and oxygen atoms in total. The Balaban J connectivity index is 1.76. The van der Waals surface area contributed by atoms with Crippen molar-refractivity contribution in [3.05, 3.63) is 64.4 Å². The molecular formula is C16H17ClN2. The quantitative estimate of drug-likeness (QED) is 0.911. The Morgan fingerprint density at radius 1 is 1.37 bits per heavy atom. The molecule has 1 aromatic carbocycles. The third-order valence-corrected chi connectivity index (χ3v) is 4.05. The minimum Gasteiger partial charge on any atom is -0.303 e. The molecule has 98 valence electrons. The van der Waals surface area contributed by atoms with Gasteiger partial charge in [0.25, 0.3) is 0 Å². The summed E-state index contributed by atoms with van der Waals surface area (Å²) in [6.45, 7) is 2.19. The average molecular weight is 273 g/mol. The number of benzene rings is 1. The van der Waals surface area contributed by atoms with Crippen LogP contribution in [0.2, 0.25) is 5.02 Å². The van der Waals surface area contributed by atoms with E-state index < -0.39 is 0 Å². The van der Waals surface area contributed by atoms with Gasteiger partial charge in [-0.3, -0.25) is 4.98 Å². The molecule has 1 aromatic heterocycles. The lowest BCUT2D eigenvalue weighted by atomic mass is 10.1. The molecule has 2 aromatic rings. The summed E-state index contributed by atoms with van der Waals surface area (Å²) in [6, 6.07) is 11.0. The largest absolute Gasteiger partial charge is 0.303 e. The molecular weight excluding hydrogens is 256 g/mol. The van der Waals surface area contributed by atoms with E-state index in [0.717, 1.165) is 17.9 Å². The van der Waals surface area contributed by atoms with Gasteiger partial charge in [0, 0.05) is 29.5 Å². The molecule has 0 bridgehead atoms. The summed E-state index contributed by atoms with van der Waals surface area (Å²) in [5.74, 6) is 0. The van der Waals surface area contributed by atoms with Crippen molar-refractivity contribution in [1.29, 1.82) is 0 Å². The van der Waals surface area contributed by atoms with Crippen LogP contribution in [-0.2, 0) is 6.42 Å². The molecule has 0 fully saturated rings. The van der Waals surface area contributed by atoms with Crippen molar-refractivity contribution >= 4 is 11.6 Å². The summed E-state index contributed by atoms with van der Waals surface area (Å²) in [6.07, 6.45) is 5.98. The summed E-state index contributed by atoms with van der Waals surface area (Å²) < 4.78 is 0. The molecule has 2 atom stereocenters. The third kappa shape index (κ3) is 2.65. The molecule has 1 N–H and O–H groups in total. The first kappa shape index (κ1) is 12.6. The third-order valence-electron chi connectivity index (χ3n) is 3.82. The molecule has 0 spiro atoms. The fraction of sp³-hybridized carbons (Fsp3) is 0.312. The molecule has 1 heterocycles. The monoisotopic (exact) mass is 272 g/mol. The van der Waals surface area contributed by atoms with Crippen LogP contribution in [0, 0.1) is 0 Å². The fourth-order valence-corrected chi connectivity index (χ4v) is 2.98. The first-order valence-corrected chi connectivity index (χ1v) is 7.06. The van der Waals surface area contributed by atoms with Gasteiger partial charge in [0.2, 0.25) is 0 Å². The lowest BCUT2D eigenvalue weighted by molar-refractivity contribution is 0.464. The molecule has 1 aliphatic rings. The van der Waals surface area contributed by atoms with Gasteiger partial charge in [0.15, 0.2) is 0 Å². The normalized spacial score (nSPS) is 19.2. The maximum Gasteiger partial charge on any atom is 0.0408 e. The predicted octanol–water partition coefficient (Wildman–Crippen LogP) is 4.07. The van der Waals surface area contributed by atoms with E-state index in [9.17, 15) is 0 Å². The Morgan fingerprint density at radius 2 is 2.26 bits per heavy atom. The van der Waals surface area contributed by atoms with Crippen molar-refractivity contribution in [2.24, 2.45) is 0 Å². The number of aromatic nitrogens is 1. The van der Waals surface area contributed by atoms with E-state index in [4.69, 9.17) is 11.6 Å². The number of hydrogen-bond acceptors (Lipinski definition) is 2. The second kappa shape index (κ2) is 5.32. The fourth-order valence-electron chi connectivity index (χ4n) is 2.79. The highest BCUT2D eigenvalue weighted by Crippen LogP contribution is 2.34. The minimum atomic E-state index is 0.306. The molecule has 0 radical (unpaired) electrons. The van der Waals surface area contributed by atoms with Crippen LogP contribution in [-0.4, -0.2) is 4.98 Å². The van der Waals surface area contributed by atoms with Gasteiger partial charge in [-0.2, -0.15) is 0 Å². The highest BCUT2D eigenvalue weighted by molar-refractivity contribution is 6.30. The molecule has 0 saturated carbocycles. The molecule has 19 heavy (non-hydrogen) atoms. The molecule has 0 amide bonds. The van der Waals surface area contributed by atoms with Gasteiger partial charge in [0.05, 0.1) is 0 Å². The second-order valence-corrected chi connectivity index (χ2v) is 5.55. The molecule has 3 rings (SSSR count). The zero-order valence-corrected chi connectivity index (χ0v) is 11.7. The SMILES string of the molecule is CC(NC1CCc2cc(Cl)ccc21)c1cccnc1. The highest BCUT2D eigenvalue weighted by Gasteiger charge is 2.23. The number of rotatable bonds is 3. The Kier molecular flexibility index (Phi) is 3.54. The first-order valence-electron chi connectivity index (χ1n) is 6.68. The lowest BCUT2D eigenvalue weighted by Crippen LogP contribution is -2.23. The van der Waals surface area contributed by atoms with Crippen LogP contribution in [0.1, 0.15) is 42.1 Å². The van der Waals surface area contributed by atoms with Gasteiger partial charge in [-0.15, -0.1) is 0 Å². The first-order chi connectivity index (χ1) is 9.24. The maximum absolute atomic E-state index is 6.04. The topological polar surface area (TPSA) is 24.9 Å². The molecule has 2 unspecified atom stereocenters. The number of fused-ring (bicyclic) bond motifs is 1. The van der Waals surface area contributed by atoms with Gasteiger partial charge in [-0.05, 0) is 54.7 Å². The average Bonchev–Trinajstić information content (AvgIpc) is 2.82. The van der Waals surface area contributed by atoms with Crippen molar-refractivity contribution in [2.45, 2.75) is 31.8 Å². The lowest BCUT2D eigenvalue weighted by Gasteiger charge is -2.20. The zero-order valence-electron chi connectivity index (χ0n) is 10.9. The van der Waals surface area contributed by atoms with E-state index >= 15 is 0 Å². The zero-order chi connectivity index (χ0) is 13.2. The molecule has 1 aliphatic carbocycles. The Morgan fingerprint density at radius 3 is 3.05 bits per heavy atom. The number of pyridine rings is 1. The number of nitrogens with one attached hydrogen (secondary N) is 1. The Labute approximate surface area is 118 Å². The predicted molar refractivity (Wildman–Crippen MR) is 78.3 cm³/mol. The van der Waals surface area contributed by atoms with Crippen LogP contribution in [0.4, 0.5) is 0 Å². The van der Waals surface area contributed by atoms with Crippen LogP contribution in [0.15, 0.2) is 42.7 Å². The van der Waals surface area contributed by atoms with Crippen LogP contribution >= 0.6 is 11.6 Å². The van der Waals surface area contributed by atoms with Crippen molar-refractivity contribution in [3.8, 4) is 0 Å². The number of halogens is 1. The van der Waals surface area contributed by atoms with Crippen molar-refractivity contribution in [2.75, 3.05) is 0 Å². The van der Waals surface area contributed by atoms with Crippen LogP contribution < -0.4 is 5.32 Å². The van der Waals surface area contributed by atoms with E-state index in [1.165, 1.54) is 16.7 Å². The summed E-state index contributed by atoms with van der Waals surface area (Å²) >= 11 is 6.04. The van der Waals surface area contributed by atoms with E-state index in [2.05, 4.69) is 35.4 Å². The van der Waals surface area contributed by atoms with Crippen LogP contribution in [0.3, 0.4) is 0 Å². The number of hydrogen-bond donors (Lipinski definition) is 1. The highest BCUT2D eigenvalue weighted by atomic mass is 35.5. The van der Waals surface area contributed by atoms with Gasteiger partial charge in [-0.1, -0.05) is 23.7 Å². The van der Waals surface area contributed by atoms with E-state index in [-0.39, 0.29) is 0 Å². The van der Waals surface area contributed by atoms with Gasteiger partial charge < -0.3 is 5.32 Å². The van der Waals surface area contributed by atoms with Crippen LogP contribution in [0.5, 0.6) is 0 Å². The summed E-state index contributed by atoms with van der Waals surface area (Å²) in [5.41, 5.74) is 3.99. The molecule has 0 aliphatic heterocycles. The molecule has 3 heteroatoms.